The van der Waals surface area contributed by atoms with Crippen LogP contribution in [0, 0.1) is 20.8 Å². The van der Waals surface area contributed by atoms with Crippen LogP contribution in [0.15, 0.2) is 60.7 Å². The number of benzene rings is 2. The fourth-order valence-corrected chi connectivity index (χ4v) is 3.76. The van der Waals surface area contributed by atoms with Crippen LogP contribution in [-0.2, 0) is 0 Å². The topological polar surface area (TPSA) is 30.7 Å². The lowest BCUT2D eigenvalue weighted by atomic mass is 10.1. The minimum Gasteiger partial charge on any atom is -0.322 e. The number of fused-ring (bicyclic) bond motifs is 1. The first-order chi connectivity index (χ1) is 12.6. The van der Waals surface area contributed by atoms with Crippen molar-refractivity contribution in [3.8, 4) is 11.4 Å². The molecule has 0 spiro atoms. The molecule has 0 aliphatic heterocycles. The molecule has 2 aromatic carbocycles. The van der Waals surface area contributed by atoms with Crippen molar-refractivity contribution in [2.24, 2.45) is 0 Å². The van der Waals surface area contributed by atoms with Crippen LogP contribution in [0.5, 0.6) is 0 Å². The van der Waals surface area contributed by atoms with Crippen molar-refractivity contribution in [3.05, 3.63) is 83.2 Å². The van der Waals surface area contributed by atoms with Gasteiger partial charge in [0.05, 0.1) is 11.7 Å². The lowest BCUT2D eigenvalue weighted by Gasteiger charge is -2.18. The van der Waals surface area contributed by atoms with Gasteiger partial charge in [0, 0.05) is 16.6 Å². The first-order valence-corrected chi connectivity index (χ1v) is 9.04. The fraction of sp³-hybridized carbons (Fsp3) is 0.217. The van der Waals surface area contributed by atoms with E-state index >= 15 is 0 Å². The van der Waals surface area contributed by atoms with Gasteiger partial charge in [-0.3, -0.25) is 0 Å². The van der Waals surface area contributed by atoms with E-state index < -0.39 is 0 Å². The zero-order valence-corrected chi connectivity index (χ0v) is 15.7. The Morgan fingerprint density at radius 3 is 2.08 bits per heavy atom. The molecule has 1 atom stereocenters. The van der Waals surface area contributed by atoms with Crippen LogP contribution in [-0.4, -0.2) is 14.5 Å². The van der Waals surface area contributed by atoms with Crippen molar-refractivity contribution in [2.45, 2.75) is 33.7 Å². The molecular formula is C23H23N3. The Labute approximate surface area is 154 Å². The van der Waals surface area contributed by atoms with Gasteiger partial charge in [-0.1, -0.05) is 60.7 Å². The number of nitrogens with zero attached hydrogens (tertiary/aromatic N) is 3. The van der Waals surface area contributed by atoms with Crippen LogP contribution in [0.3, 0.4) is 0 Å². The SMILES string of the molecule is Cc1nc(-c2ccccc2)nc2c1c(C)c(C)n2C(C)c1ccccc1. The summed E-state index contributed by atoms with van der Waals surface area (Å²) in [5, 5.41) is 1.17. The molecule has 2 aromatic heterocycles. The third kappa shape index (κ3) is 2.60. The van der Waals surface area contributed by atoms with Crippen molar-refractivity contribution in [2.75, 3.05) is 0 Å². The van der Waals surface area contributed by atoms with Crippen molar-refractivity contribution in [1.29, 1.82) is 0 Å². The quantitative estimate of drug-likeness (QED) is 0.483. The molecule has 130 valence electrons. The highest BCUT2D eigenvalue weighted by Gasteiger charge is 2.21. The second kappa shape index (κ2) is 6.41. The highest BCUT2D eigenvalue weighted by molar-refractivity contribution is 5.86. The minimum absolute atomic E-state index is 0.213. The Balaban J connectivity index is 1.98. The maximum absolute atomic E-state index is 4.99. The summed E-state index contributed by atoms with van der Waals surface area (Å²) in [4.78, 5) is 9.78. The molecular weight excluding hydrogens is 318 g/mol. The number of hydrogen-bond donors (Lipinski definition) is 0. The van der Waals surface area contributed by atoms with Crippen LogP contribution < -0.4 is 0 Å². The van der Waals surface area contributed by atoms with E-state index in [1.807, 2.05) is 18.2 Å². The Morgan fingerprint density at radius 2 is 1.42 bits per heavy atom. The first kappa shape index (κ1) is 16.5. The van der Waals surface area contributed by atoms with Gasteiger partial charge in [0.25, 0.3) is 0 Å². The molecule has 4 rings (SSSR count). The summed E-state index contributed by atoms with van der Waals surface area (Å²) in [5.74, 6) is 0.787. The van der Waals surface area contributed by atoms with Crippen molar-refractivity contribution in [1.82, 2.24) is 14.5 Å². The summed E-state index contributed by atoms with van der Waals surface area (Å²) in [6.45, 7) is 8.67. The van der Waals surface area contributed by atoms with Gasteiger partial charge in [-0.15, -0.1) is 0 Å². The first-order valence-electron chi connectivity index (χ1n) is 9.04. The molecule has 0 fully saturated rings. The van der Waals surface area contributed by atoms with Crippen LogP contribution in [0.25, 0.3) is 22.4 Å². The van der Waals surface area contributed by atoms with Crippen LogP contribution in [0.1, 0.15) is 35.5 Å². The Bertz CT molecular complexity index is 1060. The van der Waals surface area contributed by atoms with E-state index in [4.69, 9.17) is 9.97 Å². The lowest BCUT2D eigenvalue weighted by Crippen LogP contribution is -2.09. The predicted molar refractivity (Wildman–Crippen MR) is 107 cm³/mol. The highest BCUT2D eigenvalue weighted by atomic mass is 15.1. The molecule has 3 heteroatoms. The molecule has 0 bridgehead atoms. The van der Waals surface area contributed by atoms with Crippen molar-refractivity contribution < 1.29 is 0 Å². The lowest BCUT2D eigenvalue weighted by molar-refractivity contribution is 0.639. The Morgan fingerprint density at radius 1 is 0.808 bits per heavy atom. The zero-order chi connectivity index (χ0) is 18.3. The van der Waals surface area contributed by atoms with Gasteiger partial charge in [-0.05, 0) is 38.8 Å². The van der Waals surface area contributed by atoms with E-state index in [-0.39, 0.29) is 6.04 Å². The van der Waals surface area contributed by atoms with E-state index in [1.165, 1.54) is 22.2 Å². The van der Waals surface area contributed by atoms with Gasteiger partial charge in [-0.25, -0.2) is 9.97 Å². The summed E-state index contributed by atoms with van der Waals surface area (Å²) < 4.78 is 2.35. The van der Waals surface area contributed by atoms with E-state index in [9.17, 15) is 0 Å². The number of hydrogen-bond acceptors (Lipinski definition) is 2. The number of aryl methyl sites for hydroxylation is 2. The highest BCUT2D eigenvalue weighted by Crippen LogP contribution is 2.32. The summed E-state index contributed by atoms with van der Waals surface area (Å²) >= 11 is 0. The molecule has 0 amide bonds. The molecule has 2 heterocycles. The molecule has 0 N–H and O–H groups in total. The monoisotopic (exact) mass is 341 g/mol. The summed E-state index contributed by atoms with van der Waals surface area (Å²) in [5.41, 5.74) is 6.90. The van der Waals surface area contributed by atoms with Crippen LogP contribution >= 0.6 is 0 Å². The van der Waals surface area contributed by atoms with Crippen molar-refractivity contribution in [3.63, 3.8) is 0 Å². The molecule has 3 nitrogen and oxygen atoms in total. The largest absolute Gasteiger partial charge is 0.322 e. The Hall–Kier alpha value is -2.94. The fourth-order valence-electron chi connectivity index (χ4n) is 3.76. The second-order valence-electron chi connectivity index (χ2n) is 6.86. The van der Waals surface area contributed by atoms with E-state index in [0.29, 0.717) is 0 Å². The summed E-state index contributed by atoms with van der Waals surface area (Å²) in [6.07, 6.45) is 0. The molecule has 1 unspecified atom stereocenters. The standard InChI is InChI=1S/C23H23N3/c1-15-17(3)26(18(4)19-11-7-5-8-12-19)23-21(15)16(2)24-22(25-23)20-13-9-6-10-14-20/h5-14,18H,1-4H3. The second-order valence-corrected chi connectivity index (χ2v) is 6.86. The third-order valence-electron chi connectivity index (χ3n) is 5.28. The summed E-state index contributed by atoms with van der Waals surface area (Å²) in [7, 11) is 0. The molecule has 0 aliphatic rings. The van der Waals surface area contributed by atoms with Gasteiger partial charge in [0.2, 0.25) is 0 Å². The van der Waals surface area contributed by atoms with Gasteiger partial charge < -0.3 is 4.57 Å². The molecule has 4 aromatic rings. The van der Waals surface area contributed by atoms with Crippen molar-refractivity contribution >= 4 is 11.0 Å². The average Bonchev–Trinajstić information content (AvgIpc) is 2.93. The van der Waals surface area contributed by atoms with Gasteiger partial charge in [-0.2, -0.15) is 0 Å². The van der Waals surface area contributed by atoms with Crippen LogP contribution in [0.2, 0.25) is 0 Å². The van der Waals surface area contributed by atoms with E-state index in [2.05, 4.69) is 74.7 Å². The molecule has 0 saturated heterocycles. The smallest absolute Gasteiger partial charge is 0.161 e. The third-order valence-corrected chi connectivity index (χ3v) is 5.28. The molecule has 26 heavy (non-hydrogen) atoms. The number of aromatic nitrogens is 3. The zero-order valence-electron chi connectivity index (χ0n) is 15.7. The maximum atomic E-state index is 4.99. The van der Waals surface area contributed by atoms with Gasteiger partial charge in [0.15, 0.2) is 5.82 Å². The van der Waals surface area contributed by atoms with Crippen LogP contribution in [0.4, 0.5) is 0 Å². The van der Waals surface area contributed by atoms with E-state index in [0.717, 1.165) is 22.7 Å². The van der Waals surface area contributed by atoms with E-state index in [1.54, 1.807) is 0 Å². The normalized spacial score (nSPS) is 12.5. The Kier molecular flexibility index (Phi) is 4.08. The van der Waals surface area contributed by atoms with Gasteiger partial charge in [0.1, 0.15) is 5.65 Å². The summed E-state index contributed by atoms with van der Waals surface area (Å²) in [6, 6.07) is 21.0. The number of rotatable bonds is 3. The molecule has 0 aliphatic carbocycles. The predicted octanol–water partition coefficient (Wildman–Crippen LogP) is 5.63. The molecule has 0 radical (unpaired) electrons. The van der Waals surface area contributed by atoms with Gasteiger partial charge >= 0.3 is 0 Å². The maximum Gasteiger partial charge on any atom is 0.161 e. The minimum atomic E-state index is 0.213. The molecule has 0 saturated carbocycles. The average molecular weight is 341 g/mol.